The molecule has 0 aliphatic carbocycles. The number of benzene rings is 3. The molecule has 0 saturated carbocycles. The average Bonchev–Trinajstić information content (AvgIpc) is 2.75. The Morgan fingerprint density at radius 2 is 1.47 bits per heavy atom. The maximum atomic E-state index is 13.5. The molecule has 0 aromatic heterocycles. The summed E-state index contributed by atoms with van der Waals surface area (Å²) >= 11 is 10.5. The zero-order valence-electron chi connectivity index (χ0n) is 18.0. The van der Waals surface area contributed by atoms with Crippen LogP contribution in [0.15, 0.2) is 78.9 Å². The second-order valence-corrected chi connectivity index (χ2v) is 9.39. The Kier molecular flexibility index (Phi) is 8.02. The van der Waals surface area contributed by atoms with Crippen molar-refractivity contribution in [2.24, 2.45) is 0 Å². The minimum absolute atomic E-state index is 0.0241. The van der Waals surface area contributed by atoms with Crippen molar-refractivity contribution in [3.05, 3.63) is 90.0 Å². The van der Waals surface area contributed by atoms with E-state index in [1.54, 1.807) is 12.1 Å². The van der Waals surface area contributed by atoms with E-state index in [4.69, 9.17) is 27.9 Å². The third-order valence-corrected chi connectivity index (χ3v) is 5.80. The molecular formula is C26H26Cl2F2O2. The number of ether oxygens (including phenoxy) is 2. The van der Waals surface area contributed by atoms with Crippen molar-refractivity contribution in [1.29, 1.82) is 0 Å². The normalized spacial score (nSPS) is 12.1. The average molecular weight is 479 g/mol. The van der Waals surface area contributed by atoms with Gasteiger partial charge < -0.3 is 9.47 Å². The van der Waals surface area contributed by atoms with Gasteiger partial charge in [-0.05, 0) is 72.2 Å². The van der Waals surface area contributed by atoms with E-state index in [1.807, 2.05) is 42.5 Å². The molecule has 32 heavy (non-hydrogen) atoms. The van der Waals surface area contributed by atoms with Crippen molar-refractivity contribution in [3.63, 3.8) is 0 Å². The number of rotatable bonds is 10. The summed E-state index contributed by atoms with van der Waals surface area (Å²) in [4.78, 5) is -1.93. The summed E-state index contributed by atoms with van der Waals surface area (Å²) in [6, 6.07) is 24.4. The zero-order chi connectivity index (χ0) is 23.2. The van der Waals surface area contributed by atoms with Crippen LogP contribution in [0.3, 0.4) is 0 Å². The number of hydrogen-bond donors (Lipinski definition) is 0. The van der Waals surface area contributed by atoms with E-state index < -0.39 is 10.9 Å². The van der Waals surface area contributed by atoms with Crippen molar-refractivity contribution in [2.75, 3.05) is 0 Å². The molecule has 2 nitrogen and oxygen atoms in total. The van der Waals surface area contributed by atoms with Crippen LogP contribution in [0.25, 0.3) is 0 Å². The first-order chi connectivity index (χ1) is 15.2. The SMILES string of the molecule is CC(C)(CCCc1cccc(Oc2ccccc2)c1)c1ccc(OC(F)(F)C(Cl)Cl)cc1. The molecule has 0 spiro atoms. The molecular weight excluding hydrogens is 453 g/mol. The third kappa shape index (κ3) is 6.85. The van der Waals surface area contributed by atoms with Crippen molar-refractivity contribution in [3.8, 4) is 17.2 Å². The molecule has 3 aromatic carbocycles. The van der Waals surface area contributed by atoms with Crippen LogP contribution >= 0.6 is 23.2 Å². The van der Waals surface area contributed by atoms with E-state index in [9.17, 15) is 8.78 Å². The lowest BCUT2D eigenvalue weighted by molar-refractivity contribution is -0.163. The fourth-order valence-electron chi connectivity index (χ4n) is 3.44. The fourth-order valence-corrected chi connectivity index (χ4v) is 3.53. The number of para-hydroxylation sites is 1. The van der Waals surface area contributed by atoms with Crippen LogP contribution in [-0.2, 0) is 11.8 Å². The Bertz CT molecular complexity index is 990. The van der Waals surface area contributed by atoms with Gasteiger partial charge in [0, 0.05) is 0 Å². The highest BCUT2D eigenvalue weighted by molar-refractivity contribution is 6.44. The van der Waals surface area contributed by atoms with Gasteiger partial charge in [0.25, 0.3) is 0 Å². The first kappa shape index (κ1) is 24.3. The maximum absolute atomic E-state index is 13.5. The molecule has 0 unspecified atom stereocenters. The van der Waals surface area contributed by atoms with E-state index in [-0.39, 0.29) is 11.2 Å². The van der Waals surface area contributed by atoms with Crippen molar-refractivity contribution < 1.29 is 18.3 Å². The summed E-state index contributed by atoms with van der Waals surface area (Å²) in [5.74, 6) is 1.65. The number of halogens is 4. The van der Waals surface area contributed by atoms with E-state index in [2.05, 4.69) is 30.7 Å². The second kappa shape index (κ2) is 10.5. The molecule has 0 bridgehead atoms. The van der Waals surface area contributed by atoms with Gasteiger partial charge in [0.2, 0.25) is 4.84 Å². The van der Waals surface area contributed by atoms with Crippen LogP contribution < -0.4 is 9.47 Å². The Morgan fingerprint density at radius 3 is 2.12 bits per heavy atom. The Balaban J connectivity index is 1.55. The van der Waals surface area contributed by atoms with Crippen LogP contribution in [0.1, 0.15) is 37.8 Å². The lowest BCUT2D eigenvalue weighted by Gasteiger charge is -2.26. The first-order valence-electron chi connectivity index (χ1n) is 10.4. The second-order valence-electron chi connectivity index (χ2n) is 8.29. The van der Waals surface area contributed by atoms with E-state index >= 15 is 0 Å². The highest BCUT2D eigenvalue weighted by Crippen LogP contribution is 2.34. The molecule has 0 aliphatic heterocycles. The molecule has 170 valence electrons. The third-order valence-electron chi connectivity index (χ3n) is 5.29. The van der Waals surface area contributed by atoms with Crippen LogP contribution in [0.2, 0.25) is 0 Å². The summed E-state index contributed by atoms with van der Waals surface area (Å²) in [6.07, 6.45) is -0.828. The van der Waals surface area contributed by atoms with Gasteiger partial charge in [-0.15, -0.1) is 0 Å². The maximum Gasteiger partial charge on any atom is 0.428 e. The van der Waals surface area contributed by atoms with Gasteiger partial charge in [-0.1, -0.05) is 79.5 Å². The summed E-state index contributed by atoms with van der Waals surface area (Å²) < 4.78 is 37.6. The Morgan fingerprint density at radius 1 is 0.812 bits per heavy atom. The fraction of sp³-hybridized carbons (Fsp3) is 0.308. The van der Waals surface area contributed by atoms with Gasteiger partial charge in [-0.2, -0.15) is 8.78 Å². The molecule has 6 heteroatoms. The standard InChI is InChI=1S/C26H26Cl2F2O2/c1-25(2,20-13-15-22(16-14-20)32-26(29,30)24(27)28)17-7-9-19-8-6-12-23(18-19)31-21-10-4-3-5-11-21/h3-6,8,10-16,18,24H,7,9,17H2,1-2H3. The predicted molar refractivity (Wildman–Crippen MR) is 126 cm³/mol. The first-order valence-corrected chi connectivity index (χ1v) is 11.3. The van der Waals surface area contributed by atoms with Crippen molar-refractivity contribution >= 4 is 23.2 Å². The summed E-state index contributed by atoms with van der Waals surface area (Å²) in [6.45, 7) is 4.28. The Labute approximate surface area is 198 Å². The van der Waals surface area contributed by atoms with Crippen LogP contribution in [-0.4, -0.2) is 10.9 Å². The molecule has 3 rings (SSSR count). The molecule has 0 amide bonds. The molecule has 0 fully saturated rings. The monoisotopic (exact) mass is 478 g/mol. The Hall–Kier alpha value is -2.30. The summed E-state index contributed by atoms with van der Waals surface area (Å²) in [7, 11) is 0. The quantitative estimate of drug-likeness (QED) is 0.271. The van der Waals surface area contributed by atoms with E-state index in [1.165, 1.54) is 17.7 Å². The summed E-state index contributed by atoms with van der Waals surface area (Å²) in [5, 5.41) is 0. The van der Waals surface area contributed by atoms with Gasteiger partial charge in [0.1, 0.15) is 17.2 Å². The lowest BCUT2D eigenvalue weighted by atomic mass is 9.80. The van der Waals surface area contributed by atoms with Crippen LogP contribution in [0.4, 0.5) is 8.78 Å². The zero-order valence-corrected chi connectivity index (χ0v) is 19.5. The molecule has 3 aromatic rings. The molecule has 0 heterocycles. The number of hydrogen-bond acceptors (Lipinski definition) is 2. The number of aryl methyl sites for hydroxylation is 1. The van der Waals surface area contributed by atoms with Gasteiger partial charge in [0.15, 0.2) is 0 Å². The topological polar surface area (TPSA) is 18.5 Å². The molecule has 0 aliphatic rings. The molecule has 0 saturated heterocycles. The summed E-state index contributed by atoms with van der Waals surface area (Å²) in [5.41, 5.74) is 2.13. The minimum atomic E-state index is -3.64. The van der Waals surface area contributed by atoms with Crippen LogP contribution in [0.5, 0.6) is 17.2 Å². The van der Waals surface area contributed by atoms with Gasteiger partial charge >= 0.3 is 6.11 Å². The lowest BCUT2D eigenvalue weighted by Crippen LogP contribution is -2.32. The van der Waals surface area contributed by atoms with E-state index in [0.29, 0.717) is 0 Å². The number of alkyl halides is 4. The predicted octanol–water partition coefficient (Wildman–Crippen LogP) is 8.55. The van der Waals surface area contributed by atoms with Crippen molar-refractivity contribution in [1.82, 2.24) is 0 Å². The molecule has 0 N–H and O–H groups in total. The van der Waals surface area contributed by atoms with Crippen molar-refractivity contribution in [2.45, 2.75) is 49.5 Å². The smallest absolute Gasteiger partial charge is 0.428 e. The highest BCUT2D eigenvalue weighted by Gasteiger charge is 2.40. The van der Waals surface area contributed by atoms with Gasteiger partial charge in [0.05, 0.1) is 0 Å². The minimum Gasteiger partial charge on any atom is -0.457 e. The largest absolute Gasteiger partial charge is 0.457 e. The van der Waals surface area contributed by atoms with Crippen LogP contribution in [0, 0.1) is 0 Å². The van der Waals surface area contributed by atoms with Gasteiger partial charge in [-0.25, -0.2) is 0 Å². The molecule has 0 atom stereocenters. The molecule has 0 radical (unpaired) electrons. The van der Waals surface area contributed by atoms with Gasteiger partial charge in [-0.3, -0.25) is 0 Å². The highest BCUT2D eigenvalue weighted by atomic mass is 35.5. The van der Waals surface area contributed by atoms with E-state index in [0.717, 1.165) is 36.3 Å².